The van der Waals surface area contributed by atoms with Crippen molar-refractivity contribution >= 4 is 39.1 Å². The smallest absolute Gasteiger partial charge is 0.227 e. The van der Waals surface area contributed by atoms with E-state index in [9.17, 15) is 4.79 Å². The Morgan fingerprint density at radius 2 is 2.25 bits per heavy atom. The van der Waals surface area contributed by atoms with Crippen LogP contribution in [0.5, 0.6) is 5.75 Å². The lowest BCUT2D eigenvalue weighted by Gasteiger charge is -2.26. The molecule has 0 spiro atoms. The van der Waals surface area contributed by atoms with Crippen molar-refractivity contribution in [3.63, 3.8) is 0 Å². The largest absolute Gasteiger partial charge is 0.493 e. The molecule has 2 atom stereocenters. The highest BCUT2D eigenvalue weighted by molar-refractivity contribution is 9.10. The van der Waals surface area contributed by atoms with Gasteiger partial charge >= 0.3 is 0 Å². The summed E-state index contributed by atoms with van der Waals surface area (Å²) in [5.41, 5.74) is 6.51. The zero-order valence-electron chi connectivity index (χ0n) is 11.3. The van der Waals surface area contributed by atoms with Gasteiger partial charge in [0.05, 0.1) is 17.3 Å². The van der Waals surface area contributed by atoms with Crippen molar-refractivity contribution in [2.45, 2.75) is 31.7 Å². The Kier molecular flexibility index (Phi) is 5.29. The molecule has 0 aromatic heterocycles. The number of benzene rings is 1. The summed E-state index contributed by atoms with van der Waals surface area (Å²) >= 11 is 9.39. The molecular weight excluding hydrogens is 344 g/mol. The summed E-state index contributed by atoms with van der Waals surface area (Å²) in [7, 11) is 1.56. The van der Waals surface area contributed by atoms with Crippen LogP contribution in [0.1, 0.15) is 25.7 Å². The Balaban J connectivity index is 2.15. The number of anilines is 1. The third kappa shape index (κ3) is 3.65. The Labute approximate surface area is 132 Å². The van der Waals surface area contributed by atoms with E-state index < -0.39 is 0 Å². The first-order chi connectivity index (χ1) is 9.51. The van der Waals surface area contributed by atoms with Crippen LogP contribution in [0, 0.1) is 5.92 Å². The minimum absolute atomic E-state index is 0.0207. The van der Waals surface area contributed by atoms with E-state index in [0.29, 0.717) is 20.9 Å². The third-order valence-electron chi connectivity index (χ3n) is 3.56. The summed E-state index contributed by atoms with van der Waals surface area (Å²) in [6.07, 6.45) is 3.60. The maximum Gasteiger partial charge on any atom is 0.227 e. The first kappa shape index (κ1) is 15.6. The van der Waals surface area contributed by atoms with Gasteiger partial charge in [0.1, 0.15) is 0 Å². The molecule has 1 fully saturated rings. The molecule has 1 aromatic carbocycles. The molecule has 1 aliphatic rings. The van der Waals surface area contributed by atoms with Gasteiger partial charge in [-0.3, -0.25) is 4.79 Å². The van der Waals surface area contributed by atoms with E-state index in [1.54, 1.807) is 19.2 Å². The van der Waals surface area contributed by atoms with Crippen molar-refractivity contribution < 1.29 is 9.53 Å². The minimum Gasteiger partial charge on any atom is -0.493 e. The molecule has 0 radical (unpaired) electrons. The summed E-state index contributed by atoms with van der Waals surface area (Å²) in [5, 5.41) is 3.43. The molecule has 1 saturated carbocycles. The van der Waals surface area contributed by atoms with Crippen molar-refractivity contribution in [1.82, 2.24) is 0 Å². The number of methoxy groups -OCH3 is 1. The topological polar surface area (TPSA) is 64.3 Å². The second kappa shape index (κ2) is 6.78. The fraction of sp³-hybridized carbons (Fsp3) is 0.500. The van der Waals surface area contributed by atoms with Gasteiger partial charge in [-0.05, 0) is 47.3 Å². The van der Waals surface area contributed by atoms with Crippen LogP contribution < -0.4 is 15.8 Å². The van der Waals surface area contributed by atoms with Gasteiger partial charge in [-0.1, -0.05) is 18.0 Å². The lowest BCUT2D eigenvalue weighted by molar-refractivity contribution is -0.120. The molecule has 20 heavy (non-hydrogen) atoms. The third-order valence-corrected chi connectivity index (χ3v) is 4.36. The molecule has 0 heterocycles. The Bertz CT molecular complexity index is 510. The number of halogens is 2. The lowest BCUT2D eigenvalue weighted by atomic mass is 9.85. The second-order valence-corrected chi connectivity index (χ2v) is 6.37. The molecule has 3 N–H and O–H groups in total. The summed E-state index contributed by atoms with van der Waals surface area (Å²) in [6.45, 7) is 0. The van der Waals surface area contributed by atoms with Crippen molar-refractivity contribution in [2.75, 3.05) is 12.4 Å². The second-order valence-electron chi connectivity index (χ2n) is 5.08. The molecule has 1 aliphatic carbocycles. The van der Waals surface area contributed by atoms with Crippen LogP contribution >= 0.6 is 27.5 Å². The van der Waals surface area contributed by atoms with Gasteiger partial charge in [0.25, 0.3) is 0 Å². The highest BCUT2D eigenvalue weighted by Crippen LogP contribution is 2.37. The van der Waals surface area contributed by atoms with E-state index in [0.717, 1.165) is 25.7 Å². The fourth-order valence-corrected chi connectivity index (χ4v) is 3.53. The van der Waals surface area contributed by atoms with Crippen LogP contribution in [0.25, 0.3) is 0 Å². The van der Waals surface area contributed by atoms with Crippen LogP contribution in [-0.4, -0.2) is 19.1 Å². The van der Waals surface area contributed by atoms with Crippen molar-refractivity contribution in [1.29, 1.82) is 0 Å². The number of rotatable bonds is 3. The van der Waals surface area contributed by atoms with Gasteiger partial charge in [0.15, 0.2) is 5.75 Å². The van der Waals surface area contributed by atoms with E-state index in [-0.39, 0.29) is 17.9 Å². The molecule has 2 unspecified atom stereocenters. The average molecular weight is 362 g/mol. The lowest BCUT2D eigenvalue weighted by Crippen LogP contribution is -2.34. The van der Waals surface area contributed by atoms with E-state index >= 15 is 0 Å². The summed E-state index contributed by atoms with van der Waals surface area (Å²) in [4.78, 5) is 12.3. The van der Waals surface area contributed by atoms with Crippen molar-refractivity contribution in [2.24, 2.45) is 11.7 Å². The van der Waals surface area contributed by atoms with E-state index in [1.807, 2.05) is 0 Å². The van der Waals surface area contributed by atoms with Gasteiger partial charge < -0.3 is 15.8 Å². The Hall–Kier alpha value is -0.780. The van der Waals surface area contributed by atoms with Crippen LogP contribution in [0.4, 0.5) is 5.69 Å². The molecule has 110 valence electrons. The molecule has 1 amide bonds. The number of carbonyl (C=O) groups excluding carboxylic acids is 1. The molecule has 2 rings (SSSR count). The number of nitrogens with one attached hydrogen (secondary N) is 1. The average Bonchev–Trinajstić information content (AvgIpc) is 2.38. The zero-order valence-corrected chi connectivity index (χ0v) is 13.6. The van der Waals surface area contributed by atoms with E-state index in [1.165, 1.54) is 0 Å². The van der Waals surface area contributed by atoms with Crippen LogP contribution in [0.3, 0.4) is 0 Å². The normalized spacial score (nSPS) is 22.4. The summed E-state index contributed by atoms with van der Waals surface area (Å²) in [6, 6.07) is 3.53. The monoisotopic (exact) mass is 360 g/mol. The zero-order chi connectivity index (χ0) is 14.7. The first-order valence-corrected chi connectivity index (χ1v) is 7.78. The van der Waals surface area contributed by atoms with Crippen LogP contribution in [-0.2, 0) is 4.79 Å². The molecule has 0 bridgehead atoms. The fourth-order valence-electron chi connectivity index (χ4n) is 2.56. The standard InChI is InChI=1S/C14H18BrClN2O2/c1-20-13-11(15)6-9(16)7-12(13)18-14(19)8-3-2-4-10(17)5-8/h6-8,10H,2-5,17H2,1H3,(H,18,19). The van der Waals surface area contributed by atoms with Crippen molar-refractivity contribution in [3.8, 4) is 5.75 Å². The predicted molar refractivity (Wildman–Crippen MR) is 84.3 cm³/mol. The van der Waals surface area contributed by atoms with E-state index in [2.05, 4.69) is 21.2 Å². The van der Waals surface area contributed by atoms with Gasteiger partial charge in [-0.25, -0.2) is 0 Å². The molecule has 0 saturated heterocycles. The molecule has 0 aliphatic heterocycles. The molecule has 6 heteroatoms. The SMILES string of the molecule is COc1c(Br)cc(Cl)cc1NC(=O)C1CCCC(N)C1. The number of ether oxygens (including phenoxy) is 1. The Morgan fingerprint density at radius 3 is 2.90 bits per heavy atom. The van der Waals surface area contributed by atoms with Gasteiger partial charge in [-0.15, -0.1) is 0 Å². The Morgan fingerprint density at radius 1 is 1.50 bits per heavy atom. The van der Waals surface area contributed by atoms with Crippen LogP contribution in [0.2, 0.25) is 5.02 Å². The summed E-state index contributed by atoms with van der Waals surface area (Å²) in [5.74, 6) is 0.511. The van der Waals surface area contributed by atoms with Crippen LogP contribution in [0.15, 0.2) is 16.6 Å². The first-order valence-electron chi connectivity index (χ1n) is 6.60. The molecule has 4 nitrogen and oxygen atoms in total. The maximum absolute atomic E-state index is 12.3. The highest BCUT2D eigenvalue weighted by atomic mass is 79.9. The number of hydrogen-bond acceptors (Lipinski definition) is 3. The number of amides is 1. The maximum atomic E-state index is 12.3. The molecular formula is C14H18BrClN2O2. The van der Waals surface area contributed by atoms with Gasteiger partial charge in [0, 0.05) is 17.0 Å². The summed E-state index contributed by atoms with van der Waals surface area (Å²) < 4.78 is 6.01. The minimum atomic E-state index is -0.0405. The van der Waals surface area contributed by atoms with E-state index in [4.69, 9.17) is 22.1 Å². The number of nitrogens with two attached hydrogens (primary N) is 1. The van der Waals surface area contributed by atoms with Gasteiger partial charge in [-0.2, -0.15) is 0 Å². The molecule has 1 aromatic rings. The predicted octanol–water partition coefficient (Wildman–Crippen LogP) is 3.57. The number of hydrogen-bond donors (Lipinski definition) is 2. The quantitative estimate of drug-likeness (QED) is 0.865. The number of carbonyl (C=O) groups is 1. The highest BCUT2D eigenvalue weighted by Gasteiger charge is 2.26. The van der Waals surface area contributed by atoms with Gasteiger partial charge in [0.2, 0.25) is 5.91 Å². The van der Waals surface area contributed by atoms with Crippen molar-refractivity contribution in [3.05, 3.63) is 21.6 Å².